The number of methoxy groups -OCH3 is 1. The summed E-state index contributed by atoms with van der Waals surface area (Å²) in [6, 6.07) is 13.4. The number of amides is 3. The summed E-state index contributed by atoms with van der Waals surface area (Å²) in [6.45, 7) is 3.52. The van der Waals surface area contributed by atoms with Crippen molar-refractivity contribution in [1.29, 1.82) is 0 Å². The monoisotopic (exact) mass is 371 g/mol. The summed E-state index contributed by atoms with van der Waals surface area (Å²) in [5.41, 5.74) is 2.68. The number of aryl methyl sites for hydroxylation is 1. The molecule has 0 saturated carbocycles. The van der Waals surface area contributed by atoms with Crippen LogP contribution in [0.25, 0.3) is 0 Å². The summed E-state index contributed by atoms with van der Waals surface area (Å²) >= 11 is 0. The van der Waals surface area contributed by atoms with Gasteiger partial charge < -0.3 is 25.8 Å². The first-order chi connectivity index (χ1) is 12.9. The Hall–Kier alpha value is -2.90. The maximum Gasteiger partial charge on any atom is 0.319 e. The highest BCUT2D eigenvalue weighted by Crippen LogP contribution is 2.21. The number of aliphatic hydroxyl groups is 1. The lowest BCUT2D eigenvalue weighted by atomic mass is 10.0. The quantitative estimate of drug-likeness (QED) is 0.601. The summed E-state index contributed by atoms with van der Waals surface area (Å²) in [5, 5.41) is 18.5. The van der Waals surface area contributed by atoms with Crippen LogP contribution < -0.4 is 16.0 Å². The lowest BCUT2D eigenvalue weighted by Gasteiger charge is -2.21. The molecule has 0 aliphatic carbocycles. The molecule has 0 bridgehead atoms. The van der Waals surface area contributed by atoms with Crippen molar-refractivity contribution in [3.63, 3.8) is 0 Å². The molecule has 0 aromatic heterocycles. The number of aliphatic hydroxyl groups excluding tert-OH is 1. The molecule has 2 rings (SSSR count). The van der Waals surface area contributed by atoms with E-state index in [1.807, 2.05) is 25.1 Å². The topological polar surface area (TPSA) is 99.7 Å². The summed E-state index contributed by atoms with van der Waals surface area (Å²) in [7, 11) is 1.44. The summed E-state index contributed by atoms with van der Waals surface area (Å²) in [5.74, 6) is -0.281. The predicted octanol–water partition coefficient (Wildman–Crippen LogP) is 2.82. The fraction of sp³-hybridized carbons (Fsp3) is 0.300. The highest BCUT2D eigenvalue weighted by molar-refractivity contribution is 5.94. The molecule has 2 aromatic carbocycles. The highest BCUT2D eigenvalue weighted by Gasteiger charge is 2.18. The second kappa shape index (κ2) is 9.70. The Bertz CT molecular complexity index is 780. The Morgan fingerprint density at radius 2 is 1.81 bits per heavy atom. The zero-order valence-corrected chi connectivity index (χ0v) is 15.7. The molecule has 7 nitrogen and oxygen atoms in total. The third kappa shape index (κ3) is 6.09. The molecule has 2 aromatic rings. The van der Waals surface area contributed by atoms with Gasteiger partial charge in [0.15, 0.2) is 0 Å². The molecule has 2 unspecified atom stereocenters. The van der Waals surface area contributed by atoms with E-state index in [0.717, 1.165) is 11.1 Å². The Morgan fingerprint density at radius 3 is 2.48 bits per heavy atom. The number of anilines is 2. The number of carbonyl (C=O) groups excluding carboxylic acids is 2. The number of carbonyl (C=O) groups is 2. The van der Waals surface area contributed by atoms with Gasteiger partial charge in [0, 0.05) is 18.5 Å². The Kier molecular flexibility index (Phi) is 7.34. The minimum atomic E-state index is -0.822. The second-order valence-electron chi connectivity index (χ2n) is 6.25. The number of hydrogen-bond acceptors (Lipinski definition) is 4. The molecule has 27 heavy (non-hydrogen) atoms. The Balaban J connectivity index is 1.99. The van der Waals surface area contributed by atoms with Gasteiger partial charge in [0.05, 0.1) is 12.1 Å². The van der Waals surface area contributed by atoms with E-state index >= 15 is 0 Å². The Morgan fingerprint density at radius 1 is 1.11 bits per heavy atom. The van der Waals surface area contributed by atoms with Crippen molar-refractivity contribution >= 4 is 23.3 Å². The van der Waals surface area contributed by atoms with Gasteiger partial charge in [0.25, 0.3) is 0 Å². The van der Waals surface area contributed by atoms with Crippen LogP contribution in [0.5, 0.6) is 0 Å². The minimum Gasteiger partial charge on any atom is -0.386 e. The maximum absolute atomic E-state index is 12.3. The van der Waals surface area contributed by atoms with E-state index in [1.54, 1.807) is 37.3 Å². The van der Waals surface area contributed by atoms with Crippen molar-refractivity contribution in [1.82, 2.24) is 5.32 Å². The van der Waals surface area contributed by atoms with Crippen molar-refractivity contribution < 1.29 is 19.4 Å². The van der Waals surface area contributed by atoms with Gasteiger partial charge in [0.2, 0.25) is 5.91 Å². The van der Waals surface area contributed by atoms with Gasteiger partial charge >= 0.3 is 6.03 Å². The van der Waals surface area contributed by atoms with Crippen molar-refractivity contribution in [2.24, 2.45) is 0 Å². The van der Waals surface area contributed by atoms with Crippen molar-refractivity contribution in [3.05, 3.63) is 59.7 Å². The lowest BCUT2D eigenvalue weighted by Crippen LogP contribution is -2.39. The van der Waals surface area contributed by atoms with Gasteiger partial charge in [-0.05, 0) is 37.1 Å². The number of ether oxygens (including phenoxy) is 1. The van der Waals surface area contributed by atoms with Crippen LogP contribution in [0.1, 0.15) is 24.2 Å². The van der Waals surface area contributed by atoms with E-state index < -0.39 is 18.2 Å². The first-order valence-electron chi connectivity index (χ1n) is 8.60. The smallest absolute Gasteiger partial charge is 0.319 e. The fourth-order valence-corrected chi connectivity index (χ4v) is 2.55. The molecule has 2 atom stereocenters. The molecule has 4 N–H and O–H groups in total. The molecule has 0 radical (unpaired) electrons. The number of nitrogens with one attached hydrogen (secondary N) is 3. The molecule has 0 heterocycles. The average molecular weight is 371 g/mol. The third-order valence-corrected chi connectivity index (χ3v) is 4.02. The van der Waals surface area contributed by atoms with Gasteiger partial charge in [-0.25, -0.2) is 4.79 Å². The van der Waals surface area contributed by atoms with Gasteiger partial charge in [0.1, 0.15) is 6.61 Å². The maximum atomic E-state index is 12.3. The van der Waals surface area contributed by atoms with Crippen LogP contribution in [0.3, 0.4) is 0 Å². The zero-order chi connectivity index (χ0) is 19.8. The van der Waals surface area contributed by atoms with Crippen LogP contribution in [-0.2, 0) is 9.53 Å². The van der Waals surface area contributed by atoms with Gasteiger partial charge in [-0.15, -0.1) is 0 Å². The normalized spacial score (nSPS) is 12.7. The van der Waals surface area contributed by atoms with Crippen LogP contribution in [-0.4, -0.2) is 36.8 Å². The van der Waals surface area contributed by atoms with E-state index in [1.165, 1.54) is 7.11 Å². The number of benzene rings is 2. The first-order valence-corrected chi connectivity index (χ1v) is 8.60. The molecular formula is C20H25N3O4. The number of hydrogen-bond donors (Lipinski definition) is 4. The molecule has 3 amide bonds. The summed E-state index contributed by atoms with van der Waals surface area (Å²) in [4.78, 5) is 23.9. The SMILES string of the molecule is COCC(=O)Nc1ccc(C)c(NC(=O)NC(C)C(O)c2ccccc2)c1. The Labute approximate surface area is 158 Å². The van der Waals surface area contributed by atoms with E-state index in [0.29, 0.717) is 11.4 Å². The van der Waals surface area contributed by atoms with Gasteiger partial charge in [-0.2, -0.15) is 0 Å². The standard InChI is InChI=1S/C20H25N3O4/c1-13-9-10-16(22-18(24)12-27-3)11-17(13)23-20(26)21-14(2)19(25)15-7-5-4-6-8-15/h4-11,14,19,25H,12H2,1-3H3,(H,22,24)(H2,21,23,26). The molecule has 0 saturated heterocycles. The van der Waals surface area contributed by atoms with Gasteiger partial charge in [-0.1, -0.05) is 36.4 Å². The first kappa shape index (κ1) is 20.4. The highest BCUT2D eigenvalue weighted by atomic mass is 16.5. The van der Waals surface area contributed by atoms with E-state index in [-0.39, 0.29) is 12.5 Å². The predicted molar refractivity (Wildman–Crippen MR) is 105 cm³/mol. The molecule has 0 spiro atoms. The van der Waals surface area contributed by atoms with Crippen molar-refractivity contribution in [2.75, 3.05) is 24.4 Å². The van der Waals surface area contributed by atoms with E-state index in [4.69, 9.17) is 4.74 Å². The van der Waals surface area contributed by atoms with Crippen LogP contribution in [0, 0.1) is 6.92 Å². The molecule has 0 fully saturated rings. The molecule has 7 heteroatoms. The minimum absolute atomic E-state index is 0.0496. The van der Waals surface area contributed by atoms with Gasteiger partial charge in [-0.3, -0.25) is 4.79 Å². The number of rotatable bonds is 7. The fourth-order valence-electron chi connectivity index (χ4n) is 2.55. The molecule has 144 valence electrons. The van der Waals surface area contributed by atoms with E-state index in [2.05, 4.69) is 16.0 Å². The van der Waals surface area contributed by atoms with Crippen molar-refractivity contribution in [2.45, 2.75) is 26.0 Å². The van der Waals surface area contributed by atoms with Crippen LogP contribution in [0.15, 0.2) is 48.5 Å². The van der Waals surface area contributed by atoms with Crippen molar-refractivity contribution in [3.8, 4) is 0 Å². The zero-order valence-electron chi connectivity index (χ0n) is 15.7. The van der Waals surface area contributed by atoms with Crippen LogP contribution in [0.4, 0.5) is 16.2 Å². The molecule has 0 aliphatic heterocycles. The summed E-state index contributed by atoms with van der Waals surface area (Å²) in [6.07, 6.45) is -0.822. The largest absolute Gasteiger partial charge is 0.386 e. The average Bonchev–Trinajstić information content (AvgIpc) is 2.64. The number of urea groups is 1. The summed E-state index contributed by atoms with van der Waals surface area (Å²) < 4.78 is 4.78. The third-order valence-electron chi connectivity index (χ3n) is 4.02. The van der Waals surface area contributed by atoms with E-state index in [9.17, 15) is 14.7 Å². The molecular weight excluding hydrogens is 346 g/mol. The molecule has 0 aliphatic rings. The second-order valence-corrected chi connectivity index (χ2v) is 6.25. The van der Waals surface area contributed by atoms with Crippen LogP contribution in [0.2, 0.25) is 0 Å². The van der Waals surface area contributed by atoms with Crippen LogP contribution >= 0.6 is 0 Å². The lowest BCUT2D eigenvalue weighted by molar-refractivity contribution is -0.119.